The highest BCUT2D eigenvalue weighted by Crippen LogP contribution is 2.29. The van der Waals surface area contributed by atoms with Gasteiger partial charge in [-0.05, 0) is 37.8 Å². The van der Waals surface area contributed by atoms with Gasteiger partial charge in [0.05, 0.1) is 23.3 Å². The lowest BCUT2D eigenvalue weighted by atomic mass is 9.98. The molecule has 1 saturated carbocycles. The van der Waals surface area contributed by atoms with Crippen molar-refractivity contribution in [3.8, 4) is 0 Å². The molecule has 2 N–H and O–H groups in total. The van der Waals surface area contributed by atoms with E-state index in [9.17, 15) is 0 Å². The van der Waals surface area contributed by atoms with E-state index in [1.807, 2.05) is 25.1 Å². The van der Waals surface area contributed by atoms with E-state index in [2.05, 4.69) is 32.6 Å². The van der Waals surface area contributed by atoms with E-state index in [0.717, 1.165) is 41.3 Å². The van der Waals surface area contributed by atoms with Crippen molar-refractivity contribution in [2.75, 3.05) is 0 Å². The standard InChI is InChI=1S/C18H22N4O/c1-12-9-14(23-22-12)10-13-5-4-8-15(13)19-11-18-20-16-6-2-3-7-17(16)21-18/h2-3,6-7,9,13,15,19H,4-5,8,10-11H2,1H3,(H,20,21)/t13-,15+/m0/s1. The number of hydrogen-bond donors (Lipinski definition) is 2. The zero-order chi connectivity index (χ0) is 15.6. The number of hydrogen-bond acceptors (Lipinski definition) is 4. The van der Waals surface area contributed by atoms with Crippen molar-refractivity contribution >= 4 is 11.0 Å². The molecule has 0 radical (unpaired) electrons. The smallest absolute Gasteiger partial charge is 0.137 e. The molecule has 5 nitrogen and oxygen atoms in total. The lowest BCUT2D eigenvalue weighted by molar-refractivity contribution is 0.328. The number of para-hydroxylation sites is 2. The normalized spacial score (nSPS) is 21.3. The van der Waals surface area contributed by atoms with Crippen molar-refractivity contribution in [2.24, 2.45) is 5.92 Å². The minimum atomic E-state index is 0.522. The van der Waals surface area contributed by atoms with Gasteiger partial charge >= 0.3 is 0 Å². The largest absolute Gasteiger partial charge is 0.361 e. The van der Waals surface area contributed by atoms with Crippen molar-refractivity contribution in [1.82, 2.24) is 20.4 Å². The van der Waals surface area contributed by atoms with Crippen LogP contribution in [0.5, 0.6) is 0 Å². The molecule has 4 rings (SSSR count). The topological polar surface area (TPSA) is 66.7 Å². The molecule has 0 amide bonds. The summed E-state index contributed by atoms with van der Waals surface area (Å²) in [6.45, 7) is 2.75. The molecule has 2 heterocycles. The second kappa shape index (κ2) is 6.16. The third kappa shape index (κ3) is 3.15. The Morgan fingerprint density at radius 1 is 1.30 bits per heavy atom. The number of benzene rings is 1. The number of aromatic nitrogens is 3. The maximum atomic E-state index is 5.38. The molecule has 2 atom stereocenters. The Labute approximate surface area is 135 Å². The molecule has 120 valence electrons. The summed E-state index contributed by atoms with van der Waals surface area (Å²) in [5.74, 6) is 2.63. The molecule has 1 aromatic carbocycles. The summed E-state index contributed by atoms with van der Waals surface area (Å²) in [4.78, 5) is 8.02. The van der Waals surface area contributed by atoms with Crippen LogP contribution in [0, 0.1) is 12.8 Å². The van der Waals surface area contributed by atoms with Gasteiger partial charge in [-0.25, -0.2) is 4.98 Å². The van der Waals surface area contributed by atoms with Crippen LogP contribution in [-0.4, -0.2) is 21.2 Å². The van der Waals surface area contributed by atoms with Gasteiger partial charge in [0.25, 0.3) is 0 Å². The van der Waals surface area contributed by atoms with Crippen LogP contribution in [0.1, 0.15) is 36.5 Å². The third-order valence-electron chi connectivity index (χ3n) is 4.77. The van der Waals surface area contributed by atoms with Gasteiger partial charge in [-0.1, -0.05) is 23.7 Å². The van der Waals surface area contributed by atoms with Gasteiger partial charge in [0.2, 0.25) is 0 Å². The summed E-state index contributed by atoms with van der Waals surface area (Å²) in [6.07, 6.45) is 4.71. The highest BCUT2D eigenvalue weighted by molar-refractivity contribution is 5.74. The number of fused-ring (bicyclic) bond motifs is 1. The summed E-state index contributed by atoms with van der Waals surface area (Å²) in [5, 5.41) is 7.67. The van der Waals surface area contributed by atoms with Crippen LogP contribution >= 0.6 is 0 Å². The lowest BCUT2D eigenvalue weighted by Crippen LogP contribution is -2.33. The van der Waals surface area contributed by atoms with Crippen LogP contribution in [0.15, 0.2) is 34.9 Å². The number of nitrogens with zero attached hydrogens (tertiary/aromatic N) is 2. The molecule has 5 heteroatoms. The highest BCUT2D eigenvalue weighted by Gasteiger charge is 2.28. The number of rotatable bonds is 5. The highest BCUT2D eigenvalue weighted by atomic mass is 16.5. The first-order valence-electron chi connectivity index (χ1n) is 8.37. The number of aryl methyl sites for hydroxylation is 1. The van der Waals surface area contributed by atoms with E-state index < -0.39 is 0 Å². The molecule has 23 heavy (non-hydrogen) atoms. The molecule has 2 aromatic heterocycles. The van der Waals surface area contributed by atoms with E-state index in [1.165, 1.54) is 19.3 Å². The second-order valence-electron chi connectivity index (χ2n) is 6.52. The van der Waals surface area contributed by atoms with Crippen LogP contribution in [-0.2, 0) is 13.0 Å². The minimum absolute atomic E-state index is 0.522. The molecule has 1 aliphatic rings. The molecule has 1 aliphatic carbocycles. The number of H-pyrrole nitrogens is 1. The molecule has 3 aromatic rings. The van der Waals surface area contributed by atoms with Crippen molar-refractivity contribution in [2.45, 2.75) is 45.2 Å². The van der Waals surface area contributed by atoms with E-state index >= 15 is 0 Å². The summed E-state index contributed by atoms with van der Waals surface area (Å²) >= 11 is 0. The maximum Gasteiger partial charge on any atom is 0.137 e. The molecule has 0 unspecified atom stereocenters. The Bertz CT molecular complexity index is 758. The van der Waals surface area contributed by atoms with E-state index in [0.29, 0.717) is 12.0 Å². The predicted octanol–water partition coefficient (Wildman–Crippen LogP) is 3.36. The van der Waals surface area contributed by atoms with Gasteiger partial charge < -0.3 is 14.8 Å². The Morgan fingerprint density at radius 2 is 2.22 bits per heavy atom. The van der Waals surface area contributed by atoms with Gasteiger partial charge in [-0.3, -0.25) is 0 Å². The van der Waals surface area contributed by atoms with Crippen LogP contribution in [0.2, 0.25) is 0 Å². The van der Waals surface area contributed by atoms with Crippen LogP contribution in [0.4, 0.5) is 0 Å². The maximum absolute atomic E-state index is 5.38. The first-order chi connectivity index (χ1) is 11.3. The van der Waals surface area contributed by atoms with Crippen molar-refractivity contribution < 1.29 is 4.52 Å². The number of aromatic amines is 1. The fourth-order valence-corrected chi connectivity index (χ4v) is 3.64. The SMILES string of the molecule is Cc1cc(C[C@@H]2CCC[C@H]2NCc2nc3ccccc3[nH]2)on1. The average molecular weight is 310 g/mol. The van der Waals surface area contributed by atoms with Crippen LogP contribution in [0.3, 0.4) is 0 Å². The molecule has 0 saturated heterocycles. The van der Waals surface area contributed by atoms with Crippen LogP contribution < -0.4 is 5.32 Å². The molecular weight excluding hydrogens is 288 g/mol. The molecule has 0 spiro atoms. The minimum Gasteiger partial charge on any atom is -0.361 e. The summed E-state index contributed by atoms with van der Waals surface area (Å²) in [5.41, 5.74) is 3.10. The summed E-state index contributed by atoms with van der Waals surface area (Å²) in [7, 11) is 0. The van der Waals surface area contributed by atoms with E-state index in [-0.39, 0.29) is 0 Å². The Balaban J connectivity index is 1.39. The van der Waals surface area contributed by atoms with Crippen molar-refractivity contribution in [3.63, 3.8) is 0 Å². The quantitative estimate of drug-likeness (QED) is 0.758. The summed E-state index contributed by atoms with van der Waals surface area (Å²) < 4.78 is 5.38. The Hall–Kier alpha value is -2.14. The fourth-order valence-electron chi connectivity index (χ4n) is 3.64. The van der Waals surface area contributed by atoms with Gasteiger partial charge in [-0.2, -0.15) is 0 Å². The predicted molar refractivity (Wildman–Crippen MR) is 89.0 cm³/mol. The third-order valence-corrected chi connectivity index (χ3v) is 4.77. The molecule has 1 fully saturated rings. The van der Waals surface area contributed by atoms with Crippen molar-refractivity contribution in [1.29, 1.82) is 0 Å². The molecule has 0 aliphatic heterocycles. The number of nitrogens with one attached hydrogen (secondary N) is 2. The zero-order valence-corrected chi connectivity index (χ0v) is 13.4. The summed E-state index contributed by atoms with van der Waals surface area (Å²) in [6, 6.07) is 10.7. The fraction of sp³-hybridized carbons (Fsp3) is 0.444. The number of imidazole rings is 1. The van der Waals surface area contributed by atoms with E-state index in [4.69, 9.17) is 4.52 Å². The first kappa shape index (κ1) is 14.5. The van der Waals surface area contributed by atoms with Gasteiger partial charge in [0.15, 0.2) is 0 Å². The molecule has 0 bridgehead atoms. The first-order valence-corrected chi connectivity index (χ1v) is 8.37. The monoisotopic (exact) mass is 310 g/mol. The molecular formula is C18H22N4O. The Morgan fingerprint density at radius 3 is 3.04 bits per heavy atom. The second-order valence-corrected chi connectivity index (χ2v) is 6.52. The van der Waals surface area contributed by atoms with E-state index in [1.54, 1.807) is 0 Å². The lowest BCUT2D eigenvalue weighted by Gasteiger charge is -2.19. The van der Waals surface area contributed by atoms with Crippen molar-refractivity contribution in [3.05, 3.63) is 47.6 Å². The van der Waals surface area contributed by atoms with Gasteiger partial charge in [0.1, 0.15) is 11.6 Å². The van der Waals surface area contributed by atoms with Gasteiger partial charge in [-0.15, -0.1) is 0 Å². The van der Waals surface area contributed by atoms with Gasteiger partial charge in [0, 0.05) is 18.5 Å². The average Bonchev–Trinajstić information content (AvgIpc) is 3.25. The van der Waals surface area contributed by atoms with Crippen LogP contribution in [0.25, 0.3) is 11.0 Å². The Kier molecular flexibility index (Phi) is 3.87. The zero-order valence-electron chi connectivity index (χ0n) is 13.4.